The van der Waals surface area contributed by atoms with E-state index < -0.39 is 0 Å². The van der Waals surface area contributed by atoms with E-state index in [1.165, 1.54) is 6.20 Å². The van der Waals surface area contributed by atoms with Crippen molar-refractivity contribution < 1.29 is 4.39 Å². The molecule has 1 aromatic heterocycles. The Balaban J connectivity index is 3.00. The zero-order valence-corrected chi connectivity index (χ0v) is 11.7. The van der Waals surface area contributed by atoms with E-state index in [4.69, 9.17) is 0 Å². The van der Waals surface area contributed by atoms with Crippen molar-refractivity contribution >= 4 is 11.8 Å². The molecule has 0 aliphatic heterocycles. The molecular formula is C12H22FN5. The molecule has 0 aliphatic rings. The van der Waals surface area contributed by atoms with Gasteiger partial charge in [-0.15, -0.1) is 0 Å². The van der Waals surface area contributed by atoms with E-state index in [1.54, 1.807) is 7.05 Å². The molecule has 0 fully saturated rings. The molecule has 1 atom stereocenters. The molecule has 0 spiro atoms. The summed E-state index contributed by atoms with van der Waals surface area (Å²) in [7, 11) is 5.72. The molecule has 6 heteroatoms. The minimum absolute atomic E-state index is 0.180. The van der Waals surface area contributed by atoms with E-state index in [1.807, 2.05) is 25.9 Å². The van der Waals surface area contributed by atoms with Gasteiger partial charge in [0.1, 0.15) is 0 Å². The fraction of sp³-hybridized carbons (Fsp3) is 0.667. The lowest BCUT2D eigenvalue weighted by Gasteiger charge is -2.31. The predicted octanol–water partition coefficient (Wildman–Crippen LogP) is 1.43. The molecule has 18 heavy (non-hydrogen) atoms. The van der Waals surface area contributed by atoms with E-state index in [-0.39, 0.29) is 11.9 Å². The van der Waals surface area contributed by atoms with Gasteiger partial charge in [-0.25, -0.2) is 9.37 Å². The highest BCUT2D eigenvalue weighted by atomic mass is 19.1. The van der Waals surface area contributed by atoms with Gasteiger partial charge in [0.15, 0.2) is 11.6 Å². The zero-order chi connectivity index (χ0) is 13.7. The highest BCUT2D eigenvalue weighted by Gasteiger charge is 2.19. The van der Waals surface area contributed by atoms with E-state index in [0.29, 0.717) is 18.3 Å². The molecule has 1 aromatic rings. The molecule has 0 amide bonds. The van der Waals surface area contributed by atoms with Crippen molar-refractivity contribution in [1.82, 2.24) is 14.9 Å². The minimum Gasteiger partial charge on any atom is -0.357 e. The average Bonchev–Trinajstić information content (AvgIpc) is 2.31. The summed E-state index contributed by atoms with van der Waals surface area (Å²) >= 11 is 0. The maximum Gasteiger partial charge on any atom is 0.224 e. The quantitative estimate of drug-likeness (QED) is 0.833. The third-order valence-electron chi connectivity index (χ3n) is 2.72. The van der Waals surface area contributed by atoms with Gasteiger partial charge in [-0.1, -0.05) is 0 Å². The maximum absolute atomic E-state index is 13.8. The number of halogens is 1. The molecule has 0 bridgehead atoms. The monoisotopic (exact) mass is 255 g/mol. The maximum atomic E-state index is 13.8. The van der Waals surface area contributed by atoms with Crippen LogP contribution in [0.5, 0.6) is 0 Å². The molecule has 102 valence electrons. The number of anilines is 2. The second-order valence-electron chi connectivity index (χ2n) is 4.51. The zero-order valence-electron chi connectivity index (χ0n) is 11.7. The van der Waals surface area contributed by atoms with Crippen LogP contribution in [0.1, 0.15) is 13.8 Å². The van der Waals surface area contributed by atoms with Crippen LogP contribution >= 0.6 is 0 Å². The molecular weight excluding hydrogens is 233 g/mol. The fourth-order valence-corrected chi connectivity index (χ4v) is 1.98. The standard InChI is InChI=1S/C12H22FN5/c1-6-18(9(2)8-17(4)5)11-10(13)7-15-12(14-3)16-11/h7,9H,6,8H2,1-5H3,(H,14,15,16). The molecule has 1 rings (SSSR count). The molecule has 0 radical (unpaired) electrons. The molecule has 0 saturated heterocycles. The number of likely N-dealkylation sites (N-methyl/N-ethyl adjacent to an activating group) is 2. The van der Waals surface area contributed by atoms with Crippen molar-refractivity contribution in [2.45, 2.75) is 19.9 Å². The van der Waals surface area contributed by atoms with Crippen molar-refractivity contribution in [1.29, 1.82) is 0 Å². The third kappa shape index (κ3) is 3.53. The highest BCUT2D eigenvalue weighted by Crippen LogP contribution is 2.19. The van der Waals surface area contributed by atoms with Crippen molar-refractivity contribution in [3.8, 4) is 0 Å². The number of nitrogens with zero attached hydrogens (tertiary/aromatic N) is 4. The second-order valence-corrected chi connectivity index (χ2v) is 4.51. The second kappa shape index (κ2) is 6.49. The first-order valence-electron chi connectivity index (χ1n) is 6.11. The number of nitrogens with one attached hydrogen (secondary N) is 1. The Bertz CT molecular complexity index is 383. The van der Waals surface area contributed by atoms with Crippen LogP contribution in [0.25, 0.3) is 0 Å². The van der Waals surface area contributed by atoms with Crippen LogP contribution in [0.15, 0.2) is 6.20 Å². The van der Waals surface area contributed by atoms with Crippen molar-refractivity contribution in [3.05, 3.63) is 12.0 Å². The Morgan fingerprint density at radius 3 is 2.61 bits per heavy atom. The summed E-state index contributed by atoms with van der Waals surface area (Å²) in [4.78, 5) is 12.1. The largest absolute Gasteiger partial charge is 0.357 e. The van der Waals surface area contributed by atoms with Crippen LogP contribution in [-0.4, -0.2) is 55.1 Å². The number of aromatic nitrogens is 2. The normalized spacial score (nSPS) is 12.6. The lowest BCUT2D eigenvalue weighted by Crippen LogP contribution is -2.41. The summed E-state index contributed by atoms with van der Waals surface area (Å²) in [6.07, 6.45) is 1.21. The van der Waals surface area contributed by atoms with Gasteiger partial charge in [0, 0.05) is 26.2 Å². The SMILES string of the molecule is CCN(c1nc(NC)ncc1F)C(C)CN(C)C. The van der Waals surface area contributed by atoms with Crippen LogP contribution in [0, 0.1) is 5.82 Å². The summed E-state index contributed by atoms with van der Waals surface area (Å²) in [5.41, 5.74) is 0. The van der Waals surface area contributed by atoms with Gasteiger partial charge >= 0.3 is 0 Å². The summed E-state index contributed by atoms with van der Waals surface area (Å²) < 4.78 is 13.8. The number of hydrogen-bond acceptors (Lipinski definition) is 5. The van der Waals surface area contributed by atoms with Crippen LogP contribution in [0.2, 0.25) is 0 Å². The Labute approximate surface area is 108 Å². The Hall–Kier alpha value is -1.43. The third-order valence-corrected chi connectivity index (χ3v) is 2.72. The number of rotatable bonds is 6. The summed E-state index contributed by atoms with van der Waals surface area (Å²) in [6.45, 7) is 5.59. The first kappa shape index (κ1) is 14.6. The van der Waals surface area contributed by atoms with Gasteiger partial charge < -0.3 is 15.1 Å². The van der Waals surface area contributed by atoms with Gasteiger partial charge in [0.05, 0.1) is 6.20 Å². The Morgan fingerprint density at radius 1 is 1.44 bits per heavy atom. The van der Waals surface area contributed by atoms with E-state index >= 15 is 0 Å². The average molecular weight is 255 g/mol. The van der Waals surface area contributed by atoms with Gasteiger partial charge in [-0.3, -0.25) is 0 Å². The van der Waals surface area contributed by atoms with Crippen molar-refractivity contribution in [2.75, 3.05) is 44.4 Å². The minimum atomic E-state index is -0.388. The molecule has 0 aliphatic carbocycles. The van der Waals surface area contributed by atoms with E-state index in [2.05, 4.69) is 27.1 Å². The van der Waals surface area contributed by atoms with E-state index in [9.17, 15) is 4.39 Å². The highest BCUT2D eigenvalue weighted by molar-refractivity contribution is 5.44. The smallest absolute Gasteiger partial charge is 0.224 e. The van der Waals surface area contributed by atoms with Crippen molar-refractivity contribution in [3.63, 3.8) is 0 Å². The van der Waals surface area contributed by atoms with Gasteiger partial charge in [0.25, 0.3) is 0 Å². The van der Waals surface area contributed by atoms with Gasteiger partial charge in [-0.05, 0) is 27.9 Å². The number of hydrogen-bond donors (Lipinski definition) is 1. The van der Waals surface area contributed by atoms with E-state index in [0.717, 1.165) is 6.54 Å². The molecule has 0 saturated carbocycles. The first-order valence-corrected chi connectivity index (χ1v) is 6.11. The summed E-state index contributed by atoms with van der Waals surface area (Å²) in [5, 5.41) is 2.83. The van der Waals surface area contributed by atoms with Crippen molar-refractivity contribution in [2.24, 2.45) is 0 Å². The Kier molecular flexibility index (Phi) is 5.27. The summed E-state index contributed by atoms with van der Waals surface area (Å²) in [6, 6.07) is 0.180. The first-order chi connectivity index (χ1) is 8.49. The topological polar surface area (TPSA) is 44.3 Å². The van der Waals surface area contributed by atoms with Gasteiger partial charge in [-0.2, -0.15) is 4.98 Å². The molecule has 5 nitrogen and oxygen atoms in total. The molecule has 1 heterocycles. The lowest BCUT2D eigenvalue weighted by molar-refractivity contribution is 0.370. The van der Waals surface area contributed by atoms with Crippen LogP contribution in [0.4, 0.5) is 16.2 Å². The lowest BCUT2D eigenvalue weighted by atomic mass is 10.2. The van der Waals surface area contributed by atoms with Gasteiger partial charge in [0.2, 0.25) is 5.95 Å². The van der Waals surface area contributed by atoms with Crippen LogP contribution in [-0.2, 0) is 0 Å². The molecule has 1 N–H and O–H groups in total. The Morgan fingerprint density at radius 2 is 2.11 bits per heavy atom. The predicted molar refractivity (Wildman–Crippen MR) is 72.6 cm³/mol. The fourth-order valence-electron chi connectivity index (χ4n) is 1.98. The summed E-state index contributed by atoms with van der Waals surface area (Å²) in [5.74, 6) is 0.398. The molecule has 0 aromatic carbocycles. The molecule has 1 unspecified atom stereocenters. The van der Waals surface area contributed by atoms with Crippen LogP contribution in [0.3, 0.4) is 0 Å². The van der Waals surface area contributed by atoms with Crippen LogP contribution < -0.4 is 10.2 Å².